The van der Waals surface area contributed by atoms with Gasteiger partial charge in [0.05, 0.1) is 13.7 Å². The summed E-state index contributed by atoms with van der Waals surface area (Å²) in [6.07, 6.45) is 4.01. The summed E-state index contributed by atoms with van der Waals surface area (Å²) in [7, 11) is 1.27. The molecule has 1 aromatic carbocycles. The minimum Gasteiger partial charge on any atom is -0.494 e. The number of rotatable bonds is 7. The first-order chi connectivity index (χ1) is 9.62. The molecular weight excluding hydrogens is 256 g/mol. The number of esters is 1. The number of carbonyl (C=O) groups excluding carboxylic acids is 2. The van der Waals surface area contributed by atoms with Crippen LogP contribution in [0.25, 0.3) is 0 Å². The monoisotopic (exact) mass is 276 g/mol. The van der Waals surface area contributed by atoms with Gasteiger partial charge in [0.1, 0.15) is 5.75 Å². The van der Waals surface area contributed by atoms with Gasteiger partial charge in [-0.15, -0.1) is 0 Å². The van der Waals surface area contributed by atoms with Crippen molar-refractivity contribution in [2.24, 2.45) is 0 Å². The zero-order chi connectivity index (χ0) is 15.0. The molecule has 0 saturated carbocycles. The molecule has 0 atom stereocenters. The van der Waals surface area contributed by atoms with Crippen LogP contribution in [0.15, 0.2) is 30.4 Å². The molecule has 108 valence electrons. The van der Waals surface area contributed by atoms with Crippen molar-refractivity contribution < 1.29 is 19.1 Å². The van der Waals surface area contributed by atoms with Crippen LogP contribution in [0.5, 0.6) is 5.75 Å². The summed E-state index contributed by atoms with van der Waals surface area (Å²) in [5, 5.41) is 0. The van der Waals surface area contributed by atoms with Crippen molar-refractivity contribution in [3.05, 3.63) is 41.5 Å². The second-order valence-electron chi connectivity index (χ2n) is 4.24. The predicted molar refractivity (Wildman–Crippen MR) is 77.1 cm³/mol. The van der Waals surface area contributed by atoms with E-state index in [4.69, 9.17) is 4.74 Å². The van der Waals surface area contributed by atoms with Gasteiger partial charge in [0.2, 0.25) is 0 Å². The average molecular weight is 276 g/mol. The molecule has 0 aliphatic heterocycles. The molecular formula is C16H20O4. The number of hydrogen-bond acceptors (Lipinski definition) is 4. The van der Waals surface area contributed by atoms with Crippen LogP contribution in [0.1, 0.15) is 36.2 Å². The van der Waals surface area contributed by atoms with E-state index in [0.717, 1.165) is 30.2 Å². The largest absolute Gasteiger partial charge is 0.494 e. The van der Waals surface area contributed by atoms with Gasteiger partial charge in [-0.1, -0.05) is 13.8 Å². The second-order valence-corrected chi connectivity index (χ2v) is 4.24. The van der Waals surface area contributed by atoms with E-state index in [1.165, 1.54) is 13.2 Å². The zero-order valence-corrected chi connectivity index (χ0v) is 12.1. The van der Waals surface area contributed by atoms with Crippen LogP contribution in [0.4, 0.5) is 0 Å². The minimum atomic E-state index is -0.542. The van der Waals surface area contributed by atoms with Crippen molar-refractivity contribution in [2.75, 3.05) is 13.7 Å². The van der Waals surface area contributed by atoms with Crippen LogP contribution in [0.2, 0.25) is 0 Å². The average Bonchev–Trinajstić information content (AvgIpc) is 2.49. The van der Waals surface area contributed by atoms with E-state index in [-0.39, 0.29) is 5.78 Å². The highest BCUT2D eigenvalue weighted by Crippen LogP contribution is 2.19. The SMILES string of the molecule is CCCOc1ccc(C(=O)/C=C/C(=O)OC)c(CC)c1. The maximum absolute atomic E-state index is 12.0. The number of hydrogen-bond donors (Lipinski definition) is 0. The lowest BCUT2D eigenvalue weighted by Crippen LogP contribution is -2.03. The van der Waals surface area contributed by atoms with Crippen molar-refractivity contribution >= 4 is 11.8 Å². The van der Waals surface area contributed by atoms with Gasteiger partial charge in [0.25, 0.3) is 0 Å². The normalized spacial score (nSPS) is 10.6. The molecule has 0 bridgehead atoms. The Morgan fingerprint density at radius 1 is 1.20 bits per heavy atom. The Kier molecular flexibility index (Phi) is 6.50. The summed E-state index contributed by atoms with van der Waals surface area (Å²) >= 11 is 0. The van der Waals surface area contributed by atoms with Gasteiger partial charge in [0, 0.05) is 11.6 Å². The Balaban J connectivity index is 2.91. The van der Waals surface area contributed by atoms with Gasteiger partial charge in [-0.05, 0) is 42.7 Å². The predicted octanol–water partition coefficient (Wildman–Crippen LogP) is 2.95. The number of allylic oxidation sites excluding steroid dienone is 1. The minimum absolute atomic E-state index is 0.214. The topological polar surface area (TPSA) is 52.6 Å². The molecule has 0 aliphatic rings. The van der Waals surface area contributed by atoms with Crippen LogP contribution in [-0.4, -0.2) is 25.5 Å². The second kappa shape index (κ2) is 8.15. The quantitative estimate of drug-likeness (QED) is 0.436. The Hall–Kier alpha value is -2.10. The molecule has 1 rings (SSSR count). The molecule has 0 saturated heterocycles. The molecule has 4 nitrogen and oxygen atoms in total. The highest BCUT2D eigenvalue weighted by Gasteiger charge is 2.09. The fourth-order valence-electron chi connectivity index (χ4n) is 1.71. The molecule has 0 aromatic heterocycles. The number of methoxy groups -OCH3 is 1. The molecule has 0 radical (unpaired) electrons. The molecule has 0 unspecified atom stereocenters. The summed E-state index contributed by atoms with van der Waals surface area (Å²) in [6, 6.07) is 5.37. The van der Waals surface area contributed by atoms with E-state index in [2.05, 4.69) is 4.74 Å². The zero-order valence-electron chi connectivity index (χ0n) is 12.1. The van der Waals surface area contributed by atoms with Crippen molar-refractivity contribution in [1.82, 2.24) is 0 Å². The van der Waals surface area contributed by atoms with E-state index < -0.39 is 5.97 Å². The number of ether oxygens (including phenoxy) is 2. The third kappa shape index (κ3) is 4.53. The van der Waals surface area contributed by atoms with Crippen LogP contribution in [-0.2, 0) is 16.0 Å². The Bertz CT molecular complexity index is 503. The van der Waals surface area contributed by atoms with E-state index >= 15 is 0 Å². The smallest absolute Gasteiger partial charge is 0.330 e. The molecule has 0 fully saturated rings. The molecule has 0 heterocycles. The van der Waals surface area contributed by atoms with E-state index in [1.54, 1.807) is 12.1 Å². The summed E-state index contributed by atoms with van der Waals surface area (Å²) < 4.78 is 10.0. The number of aryl methyl sites for hydroxylation is 1. The maximum Gasteiger partial charge on any atom is 0.330 e. The van der Waals surface area contributed by atoms with Gasteiger partial charge < -0.3 is 9.47 Å². The van der Waals surface area contributed by atoms with Crippen LogP contribution in [0.3, 0.4) is 0 Å². The summed E-state index contributed by atoms with van der Waals surface area (Å²) in [5.74, 6) is 0.00536. The number of benzene rings is 1. The molecule has 1 aromatic rings. The highest BCUT2D eigenvalue weighted by atomic mass is 16.5. The molecule has 0 spiro atoms. The van der Waals surface area contributed by atoms with E-state index in [0.29, 0.717) is 12.2 Å². The number of ketones is 1. The fraction of sp³-hybridized carbons (Fsp3) is 0.375. The Morgan fingerprint density at radius 2 is 1.95 bits per heavy atom. The summed E-state index contributed by atoms with van der Waals surface area (Å²) in [5.41, 5.74) is 1.48. The summed E-state index contributed by atoms with van der Waals surface area (Å²) in [6.45, 7) is 4.66. The molecule has 0 aliphatic carbocycles. The third-order valence-corrected chi connectivity index (χ3v) is 2.77. The fourth-order valence-corrected chi connectivity index (χ4v) is 1.71. The lowest BCUT2D eigenvalue weighted by Gasteiger charge is -2.09. The first-order valence-electron chi connectivity index (χ1n) is 6.68. The van der Waals surface area contributed by atoms with Gasteiger partial charge in [-0.2, -0.15) is 0 Å². The molecule has 4 heteroatoms. The lowest BCUT2D eigenvalue weighted by atomic mass is 10.0. The number of carbonyl (C=O) groups is 2. The third-order valence-electron chi connectivity index (χ3n) is 2.77. The highest BCUT2D eigenvalue weighted by molar-refractivity contribution is 6.08. The Morgan fingerprint density at radius 3 is 2.55 bits per heavy atom. The standard InChI is InChI=1S/C16H20O4/c1-4-10-20-13-6-7-14(12(5-2)11-13)15(17)8-9-16(18)19-3/h6-9,11H,4-5,10H2,1-3H3/b9-8+. The van der Waals surface area contributed by atoms with Crippen molar-refractivity contribution in [1.29, 1.82) is 0 Å². The molecule has 0 amide bonds. The molecule has 0 N–H and O–H groups in total. The van der Waals surface area contributed by atoms with Gasteiger partial charge >= 0.3 is 5.97 Å². The van der Waals surface area contributed by atoms with E-state index in [9.17, 15) is 9.59 Å². The van der Waals surface area contributed by atoms with Crippen LogP contribution in [0, 0.1) is 0 Å². The van der Waals surface area contributed by atoms with Crippen LogP contribution < -0.4 is 4.74 Å². The van der Waals surface area contributed by atoms with Gasteiger partial charge in [-0.25, -0.2) is 4.79 Å². The lowest BCUT2D eigenvalue weighted by molar-refractivity contribution is -0.134. The van der Waals surface area contributed by atoms with Crippen LogP contribution >= 0.6 is 0 Å². The van der Waals surface area contributed by atoms with Crippen molar-refractivity contribution in [3.63, 3.8) is 0 Å². The summed E-state index contributed by atoms with van der Waals surface area (Å²) in [4.78, 5) is 23.0. The van der Waals surface area contributed by atoms with E-state index in [1.807, 2.05) is 19.9 Å². The first kappa shape index (κ1) is 16.0. The molecule has 20 heavy (non-hydrogen) atoms. The van der Waals surface area contributed by atoms with Crippen molar-refractivity contribution in [3.8, 4) is 5.75 Å². The maximum atomic E-state index is 12.0. The van der Waals surface area contributed by atoms with Gasteiger partial charge in [-0.3, -0.25) is 4.79 Å². The van der Waals surface area contributed by atoms with Crippen molar-refractivity contribution in [2.45, 2.75) is 26.7 Å². The van der Waals surface area contributed by atoms with Gasteiger partial charge in [0.15, 0.2) is 5.78 Å². The first-order valence-corrected chi connectivity index (χ1v) is 6.68. The Labute approximate surface area is 119 Å².